The zero-order valence-corrected chi connectivity index (χ0v) is 16.3. The van der Waals surface area contributed by atoms with E-state index < -0.39 is 0 Å². The fourth-order valence-electron chi connectivity index (χ4n) is 2.17. The molecule has 0 fully saturated rings. The van der Waals surface area contributed by atoms with Crippen molar-refractivity contribution in [3.05, 3.63) is 0 Å². The molecule has 0 spiro atoms. The topological polar surface area (TPSA) is 101 Å². The Labute approximate surface area is 153 Å². The van der Waals surface area contributed by atoms with E-state index in [9.17, 15) is 0 Å². The fourth-order valence-corrected chi connectivity index (χ4v) is 2.17. The molecule has 0 saturated carbocycles. The number of hydrogen-bond donors (Lipinski definition) is 2. The first-order valence-electron chi connectivity index (χ1n) is 8.68. The van der Waals surface area contributed by atoms with E-state index in [0.717, 1.165) is 25.9 Å². The lowest BCUT2D eigenvalue weighted by Gasteiger charge is -2.19. The Morgan fingerprint density at radius 1 is 0.731 bits per heavy atom. The van der Waals surface area contributed by atoms with E-state index in [2.05, 4.69) is 44.4 Å². The number of rotatable bonds is 10. The predicted octanol–water partition coefficient (Wildman–Crippen LogP) is 2.06. The van der Waals surface area contributed by atoms with Crippen LogP contribution in [0.4, 0.5) is 23.5 Å². The number of nitrogens with zero attached hydrogens (tertiary/aromatic N) is 6. The standard InChI is InChI=1S/C16H28N8O2/c1-7-9-17-13-11-12(20-15(21-13)23(3)25-5)14(18-10-8-2)22-16(19-11)24(4)26-6/h7-10H2,1-6H3,(H,17,20,21)(H,18,19,22). The summed E-state index contributed by atoms with van der Waals surface area (Å²) in [4.78, 5) is 28.8. The second kappa shape index (κ2) is 9.30. The van der Waals surface area contributed by atoms with Gasteiger partial charge in [-0.15, -0.1) is 0 Å². The van der Waals surface area contributed by atoms with Crippen LogP contribution in [-0.4, -0.2) is 61.3 Å². The summed E-state index contributed by atoms with van der Waals surface area (Å²) in [5.41, 5.74) is 1.25. The molecule has 2 aromatic rings. The van der Waals surface area contributed by atoms with E-state index in [-0.39, 0.29) is 0 Å². The average Bonchev–Trinajstić information content (AvgIpc) is 2.68. The Kier molecular flexibility index (Phi) is 7.10. The Morgan fingerprint density at radius 2 is 1.12 bits per heavy atom. The summed E-state index contributed by atoms with van der Waals surface area (Å²) in [5, 5.41) is 9.62. The molecule has 0 atom stereocenters. The van der Waals surface area contributed by atoms with Crippen LogP contribution < -0.4 is 20.8 Å². The molecule has 0 aliphatic carbocycles. The predicted molar refractivity (Wildman–Crippen MR) is 104 cm³/mol. The number of aromatic nitrogens is 4. The molecule has 0 aliphatic heterocycles. The number of hydroxylamine groups is 2. The van der Waals surface area contributed by atoms with Gasteiger partial charge in [-0.25, -0.2) is 20.1 Å². The molecule has 0 bridgehead atoms. The van der Waals surface area contributed by atoms with Crippen molar-refractivity contribution < 1.29 is 9.68 Å². The summed E-state index contributed by atoms with van der Waals surface area (Å²) in [6, 6.07) is 0. The van der Waals surface area contributed by atoms with E-state index in [1.807, 2.05) is 0 Å². The van der Waals surface area contributed by atoms with Gasteiger partial charge < -0.3 is 10.6 Å². The van der Waals surface area contributed by atoms with Crippen molar-refractivity contribution in [3.8, 4) is 0 Å². The molecule has 0 radical (unpaired) electrons. The number of anilines is 4. The molecule has 2 aromatic heterocycles. The summed E-state index contributed by atoms with van der Waals surface area (Å²) < 4.78 is 0. The van der Waals surface area contributed by atoms with Crippen LogP contribution in [0, 0.1) is 0 Å². The van der Waals surface area contributed by atoms with Gasteiger partial charge in [-0.2, -0.15) is 9.97 Å². The molecular weight excluding hydrogens is 336 g/mol. The molecule has 144 valence electrons. The molecule has 0 saturated heterocycles. The summed E-state index contributed by atoms with van der Waals surface area (Å²) >= 11 is 0. The maximum Gasteiger partial charge on any atom is 0.252 e. The van der Waals surface area contributed by atoms with Crippen LogP contribution in [0.5, 0.6) is 0 Å². The summed E-state index contributed by atoms with van der Waals surface area (Å²) in [6.45, 7) is 5.71. The van der Waals surface area contributed by atoms with Crippen molar-refractivity contribution in [2.45, 2.75) is 26.7 Å². The Bertz CT molecular complexity index is 666. The van der Waals surface area contributed by atoms with Crippen LogP contribution >= 0.6 is 0 Å². The molecule has 2 heterocycles. The van der Waals surface area contributed by atoms with E-state index in [0.29, 0.717) is 34.6 Å². The SMILES string of the molecule is CCCNc1nc(N(C)OC)nc2c(NCCC)nc(N(C)OC)nc12. The van der Waals surface area contributed by atoms with Gasteiger partial charge in [0, 0.05) is 27.2 Å². The maximum absolute atomic E-state index is 5.24. The third kappa shape index (κ3) is 4.38. The molecule has 26 heavy (non-hydrogen) atoms. The molecule has 0 aliphatic rings. The molecule has 2 rings (SSSR count). The Balaban J connectivity index is 2.69. The first-order chi connectivity index (χ1) is 12.5. The third-order valence-electron chi connectivity index (χ3n) is 3.72. The highest BCUT2D eigenvalue weighted by Gasteiger charge is 2.19. The first kappa shape index (κ1) is 19.9. The average molecular weight is 364 g/mol. The molecule has 0 aromatic carbocycles. The first-order valence-corrected chi connectivity index (χ1v) is 8.68. The van der Waals surface area contributed by atoms with Gasteiger partial charge in [-0.05, 0) is 12.8 Å². The van der Waals surface area contributed by atoms with Gasteiger partial charge in [0.25, 0.3) is 11.9 Å². The number of fused-ring (bicyclic) bond motifs is 1. The lowest BCUT2D eigenvalue weighted by Crippen LogP contribution is -2.21. The molecule has 10 nitrogen and oxygen atoms in total. The fraction of sp³-hybridized carbons (Fsp3) is 0.625. The third-order valence-corrected chi connectivity index (χ3v) is 3.72. The Hall–Kier alpha value is -2.46. The quantitative estimate of drug-likeness (QED) is 0.609. The Morgan fingerprint density at radius 3 is 1.42 bits per heavy atom. The molecule has 0 amide bonds. The van der Waals surface area contributed by atoms with Crippen molar-refractivity contribution in [3.63, 3.8) is 0 Å². The summed E-state index contributed by atoms with van der Waals surface area (Å²) in [5.74, 6) is 2.11. The van der Waals surface area contributed by atoms with Crippen molar-refractivity contribution in [1.29, 1.82) is 0 Å². The minimum Gasteiger partial charge on any atom is -0.368 e. The van der Waals surface area contributed by atoms with Crippen molar-refractivity contribution in [1.82, 2.24) is 19.9 Å². The van der Waals surface area contributed by atoms with Gasteiger partial charge in [-0.1, -0.05) is 13.8 Å². The summed E-state index contributed by atoms with van der Waals surface area (Å²) in [7, 11) is 6.63. The minimum absolute atomic E-state index is 0.426. The molecule has 0 unspecified atom stereocenters. The van der Waals surface area contributed by atoms with Crippen LogP contribution in [0.2, 0.25) is 0 Å². The highest BCUT2D eigenvalue weighted by Crippen LogP contribution is 2.28. The smallest absolute Gasteiger partial charge is 0.252 e. The van der Waals surface area contributed by atoms with Gasteiger partial charge in [0.05, 0.1) is 14.2 Å². The molecule has 2 N–H and O–H groups in total. The highest BCUT2D eigenvalue weighted by atomic mass is 16.7. The van der Waals surface area contributed by atoms with Gasteiger partial charge >= 0.3 is 0 Å². The zero-order valence-electron chi connectivity index (χ0n) is 16.3. The second-order valence-electron chi connectivity index (χ2n) is 5.66. The van der Waals surface area contributed by atoms with Gasteiger partial charge in [0.2, 0.25) is 0 Å². The van der Waals surface area contributed by atoms with Crippen LogP contribution in [0.1, 0.15) is 26.7 Å². The minimum atomic E-state index is 0.426. The summed E-state index contributed by atoms with van der Waals surface area (Å²) in [6.07, 6.45) is 1.91. The lowest BCUT2D eigenvalue weighted by atomic mass is 10.3. The van der Waals surface area contributed by atoms with Crippen LogP contribution in [0.25, 0.3) is 11.0 Å². The normalized spacial score (nSPS) is 10.8. The van der Waals surface area contributed by atoms with Crippen LogP contribution in [0.15, 0.2) is 0 Å². The van der Waals surface area contributed by atoms with Gasteiger partial charge in [0.1, 0.15) is 11.0 Å². The largest absolute Gasteiger partial charge is 0.368 e. The maximum atomic E-state index is 5.24. The van der Waals surface area contributed by atoms with E-state index >= 15 is 0 Å². The number of nitrogens with one attached hydrogen (secondary N) is 2. The molecular formula is C16H28N8O2. The zero-order chi connectivity index (χ0) is 19.1. The highest BCUT2D eigenvalue weighted by molar-refractivity contribution is 5.94. The number of hydrogen-bond acceptors (Lipinski definition) is 10. The van der Waals surface area contributed by atoms with E-state index in [1.165, 1.54) is 10.1 Å². The van der Waals surface area contributed by atoms with Crippen molar-refractivity contribution in [2.24, 2.45) is 0 Å². The lowest BCUT2D eigenvalue weighted by molar-refractivity contribution is 0.179. The van der Waals surface area contributed by atoms with Crippen LogP contribution in [-0.2, 0) is 9.68 Å². The van der Waals surface area contributed by atoms with Gasteiger partial charge in [-0.3, -0.25) is 9.68 Å². The monoisotopic (exact) mass is 364 g/mol. The van der Waals surface area contributed by atoms with Crippen LogP contribution in [0.3, 0.4) is 0 Å². The van der Waals surface area contributed by atoms with E-state index in [4.69, 9.17) is 9.68 Å². The van der Waals surface area contributed by atoms with Crippen molar-refractivity contribution in [2.75, 3.05) is 62.2 Å². The van der Waals surface area contributed by atoms with Crippen molar-refractivity contribution >= 4 is 34.6 Å². The van der Waals surface area contributed by atoms with E-state index in [1.54, 1.807) is 28.3 Å². The second-order valence-corrected chi connectivity index (χ2v) is 5.66. The van der Waals surface area contributed by atoms with Gasteiger partial charge in [0.15, 0.2) is 11.6 Å². The molecule has 10 heteroatoms.